The van der Waals surface area contributed by atoms with Gasteiger partial charge >= 0.3 is 6.03 Å². The van der Waals surface area contributed by atoms with E-state index in [2.05, 4.69) is 22.8 Å². The molecule has 2 N–H and O–H groups in total. The monoisotopic (exact) mass is 368 g/mol. The second kappa shape index (κ2) is 8.20. The van der Waals surface area contributed by atoms with Gasteiger partial charge in [-0.25, -0.2) is 4.79 Å². The van der Waals surface area contributed by atoms with Gasteiger partial charge in [0.1, 0.15) is 19.0 Å². The van der Waals surface area contributed by atoms with Gasteiger partial charge in [0.05, 0.1) is 13.1 Å². The number of nitrogens with one attached hydrogen (secondary N) is 2. The van der Waals surface area contributed by atoms with Crippen LogP contribution in [0.4, 0.5) is 4.79 Å². The molecule has 2 aliphatic rings. The first-order chi connectivity index (χ1) is 13.3. The summed E-state index contributed by atoms with van der Waals surface area (Å²) in [5.74, 6) is 2.31. The molecular weight excluding hydrogens is 344 g/mol. The fourth-order valence-corrected chi connectivity index (χ4v) is 3.40. The first-order valence-corrected chi connectivity index (χ1v) is 9.43. The van der Waals surface area contributed by atoms with Crippen molar-refractivity contribution in [2.24, 2.45) is 0 Å². The van der Waals surface area contributed by atoms with E-state index < -0.39 is 0 Å². The molecular formula is C21H24N2O4. The van der Waals surface area contributed by atoms with Crippen LogP contribution >= 0.6 is 0 Å². The number of rotatable bonds is 6. The Morgan fingerprint density at radius 2 is 1.93 bits per heavy atom. The molecule has 6 nitrogen and oxygen atoms in total. The Labute approximate surface area is 158 Å². The molecule has 0 spiro atoms. The van der Waals surface area contributed by atoms with Crippen LogP contribution in [-0.4, -0.2) is 38.4 Å². The van der Waals surface area contributed by atoms with E-state index in [0.717, 1.165) is 17.9 Å². The van der Waals surface area contributed by atoms with Crippen LogP contribution in [0.5, 0.6) is 17.2 Å². The number of amides is 2. The van der Waals surface area contributed by atoms with E-state index in [1.165, 1.54) is 24.0 Å². The highest BCUT2D eigenvalue weighted by Crippen LogP contribution is 2.30. The van der Waals surface area contributed by atoms with Crippen LogP contribution in [0.15, 0.2) is 42.5 Å². The molecule has 142 valence electrons. The molecule has 2 aromatic carbocycles. The van der Waals surface area contributed by atoms with Crippen molar-refractivity contribution in [2.45, 2.75) is 25.4 Å². The number of benzene rings is 2. The van der Waals surface area contributed by atoms with Crippen molar-refractivity contribution in [3.8, 4) is 17.2 Å². The van der Waals surface area contributed by atoms with Gasteiger partial charge in [-0.1, -0.05) is 18.2 Å². The first kappa shape index (κ1) is 17.5. The average Bonchev–Trinajstić information content (AvgIpc) is 3.17. The summed E-state index contributed by atoms with van der Waals surface area (Å²) in [6.07, 6.45) is 3.32. The van der Waals surface area contributed by atoms with Crippen molar-refractivity contribution in [3.05, 3.63) is 53.6 Å². The molecule has 0 bridgehead atoms. The number of para-hydroxylation sites is 2. The lowest BCUT2D eigenvalue weighted by Crippen LogP contribution is -2.45. The highest BCUT2D eigenvalue weighted by atomic mass is 16.6. The van der Waals surface area contributed by atoms with Gasteiger partial charge in [-0.3, -0.25) is 0 Å². The van der Waals surface area contributed by atoms with Gasteiger partial charge in [-0.15, -0.1) is 0 Å². The zero-order valence-corrected chi connectivity index (χ0v) is 15.2. The minimum atomic E-state index is -0.241. The second-order valence-corrected chi connectivity index (χ2v) is 6.77. The van der Waals surface area contributed by atoms with Crippen LogP contribution in [0.1, 0.15) is 17.5 Å². The number of hydrogen-bond donors (Lipinski definition) is 2. The van der Waals surface area contributed by atoms with Gasteiger partial charge in [0.15, 0.2) is 17.6 Å². The topological polar surface area (TPSA) is 68.8 Å². The molecule has 0 saturated heterocycles. The van der Waals surface area contributed by atoms with Crippen LogP contribution in [0, 0.1) is 0 Å². The van der Waals surface area contributed by atoms with Gasteiger partial charge in [0.2, 0.25) is 0 Å². The van der Waals surface area contributed by atoms with Gasteiger partial charge in [0, 0.05) is 0 Å². The van der Waals surface area contributed by atoms with Crippen LogP contribution in [0.25, 0.3) is 0 Å². The smallest absolute Gasteiger partial charge is 0.315 e. The number of aryl methyl sites for hydroxylation is 2. The van der Waals surface area contributed by atoms with Gasteiger partial charge in [0.25, 0.3) is 0 Å². The van der Waals surface area contributed by atoms with E-state index in [1.54, 1.807) is 0 Å². The standard InChI is InChI=1S/C21H24N2O4/c24-21(23-13-18-14-26-19-6-1-2-7-20(19)27-18)22-10-11-25-17-9-8-15-4-3-5-16(15)12-17/h1-2,6-9,12,18H,3-5,10-11,13-14H2,(H2,22,23,24)/t18-/m0/s1. The Hall–Kier alpha value is -2.89. The van der Waals surface area contributed by atoms with Crippen LogP contribution < -0.4 is 24.8 Å². The van der Waals surface area contributed by atoms with E-state index >= 15 is 0 Å². The van der Waals surface area contributed by atoms with Crippen molar-refractivity contribution in [1.29, 1.82) is 0 Å². The molecule has 1 heterocycles. The molecule has 1 aliphatic carbocycles. The SMILES string of the molecule is O=C(NCCOc1ccc2c(c1)CCC2)NC[C@H]1COc2ccccc2O1. The molecule has 1 aliphatic heterocycles. The summed E-state index contributed by atoms with van der Waals surface area (Å²) in [4.78, 5) is 11.9. The number of carbonyl (C=O) groups is 1. The van der Waals surface area contributed by atoms with Crippen molar-refractivity contribution in [3.63, 3.8) is 0 Å². The number of ether oxygens (including phenoxy) is 3. The third kappa shape index (κ3) is 4.45. The maximum absolute atomic E-state index is 11.9. The number of hydrogen-bond acceptors (Lipinski definition) is 4. The second-order valence-electron chi connectivity index (χ2n) is 6.77. The average molecular weight is 368 g/mol. The fourth-order valence-electron chi connectivity index (χ4n) is 3.40. The normalized spacial score (nSPS) is 17.1. The van der Waals surface area contributed by atoms with Crippen LogP contribution in [0.3, 0.4) is 0 Å². The summed E-state index contributed by atoms with van der Waals surface area (Å²) in [5, 5.41) is 5.60. The lowest BCUT2D eigenvalue weighted by molar-refractivity contribution is 0.0918. The van der Waals surface area contributed by atoms with Crippen molar-refractivity contribution in [2.75, 3.05) is 26.3 Å². The zero-order valence-electron chi connectivity index (χ0n) is 15.2. The Morgan fingerprint density at radius 3 is 2.85 bits per heavy atom. The predicted molar refractivity (Wildman–Crippen MR) is 102 cm³/mol. The molecule has 0 radical (unpaired) electrons. The summed E-state index contributed by atoms with van der Waals surface area (Å²) in [7, 11) is 0. The Morgan fingerprint density at radius 1 is 1.07 bits per heavy atom. The molecule has 0 fully saturated rings. The van der Waals surface area contributed by atoms with Gasteiger partial charge in [-0.2, -0.15) is 0 Å². The number of urea groups is 1. The van der Waals surface area contributed by atoms with E-state index in [-0.39, 0.29) is 12.1 Å². The number of fused-ring (bicyclic) bond motifs is 2. The quantitative estimate of drug-likeness (QED) is 0.770. The van der Waals surface area contributed by atoms with E-state index in [0.29, 0.717) is 32.1 Å². The fraction of sp³-hybridized carbons (Fsp3) is 0.381. The summed E-state index contributed by atoms with van der Waals surface area (Å²) in [5.41, 5.74) is 2.81. The predicted octanol–water partition coefficient (Wildman–Crippen LogP) is 2.69. The van der Waals surface area contributed by atoms with E-state index in [4.69, 9.17) is 14.2 Å². The van der Waals surface area contributed by atoms with Gasteiger partial charge < -0.3 is 24.8 Å². The number of carbonyl (C=O) groups excluding carboxylic acids is 1. The lowest BCUT2D eigenvalue weighted by Gasteiger charge is -2.26. The summed E-state index contributed by atoms with van der Waals surface area (Å²) in [6.45, 7) is 1.67. The third-order valence-corrected chi connectivity index (χ3v) is 4.78. The van der Waals surface area contributed by atoms with E-state index in [9.17, 15) is 4.79 Å². The Kier molecular flexibility index (Phi) is 5.32. The Balaban J connectivity index is 1.13. The van der Waals surface area contributed by atoms with Gasteiger partial charge in [-0.05, 0) is 54.7 Å². The first-order valence-electron chi connectivity index (χ1n) is 9.43. The molecule has 1 atom stereocenters. The molecule has 0 aromatic heterocycles. The minimum Gasteiger partial charge on any atom is -0.492 e. The molecule has 0 saturated carbocycles. The molecule has 2 amide bonds. The van der Waals surface area contributed by atoms with Crippen molar-refractivity contribution >= 4 is 6.03 Å². The maximum Gasteiger partial charge on any atom is 0.315 e. The largest absolute Gasteiger partial charge is 0.492 e. The minimum absolute atomic E-state index is 0.201. The highest BCUT2D eigenvalue weighted by Gasteiger charge is 2.20. The molecule has 0 unspecified atom stereocenters. The molecule has 6 heteroatoms. The van der Waals surface area contributed by atoms with Crippen LogP contribution in [-0.2, 0) is 12.8 Å². The molecule has 4 rings (SSSR count). The molecule has 2 aromatic rings. The summed E-state index contributed by atoms with van der Waals surface area (Å²) in [6, 6.07) is 13.5. The Bertz CT molecular complexity index is 809. The third-order valence-electron chi connectivity index (χ3n) is 4.78. The molecule has 27 heavy (non-hydrogen) atoms. The maximum atomic E-state index is 11.9. The summed E-state index contributed by atoms with van der Waals surface area (Å²) >= 11 is 0. The van der Waals surface area contributed by atoms with Crippen molar-refractivity contribution < 1.29 is 19.0 Å². The van der Waals surface area contributed by atoms with E-state index in [1.807, 2.05) is 30.3 Å². The highest BCUT2D eigenvalue weighted by molar-refractivity contribution is 5.73. The summed E-state index contributed by atoms with van der Waals surface area (Å²) < 4.78 is 17.2. The van der Waals surface area contributed by atoms with Crippen LogP contribution in [0.2, 0.25) is 0 Å². The lowest BCUT2D eigenvalue weighted by atomic mass is 10.1. The zero-order chi connectivity index (χ0) is 18.5. The van der Waals surface area contributed by atoms with Crippen molar-refractivity contribution in [1.82, 2.24) is 10.6 Å².